The van der Waals surface area contributed by atoms with E-state index in [1.165, 1.54) is 5.56 Å². The van der Waals surface area contributed by atoms with E-state index in [1.54, 1.807) is 0 Å². The van der Waals surface area contributed by atoms with Gasteiger partial charge in [0.1, 0.15) is 0 Å². The van der Waals surface area contributed by atoms with E-state index in [4.69, 9.17) is 5.73 Å². The highest BCUT2D eigenvalue weighted by Crippen LogP contribution is 2.46. The number of hydrogen-bond donors (Lipinski definition) is 1. The van der Waals surface area contributed by atoms with Gasteiger partial charge in [-0.25, -0.2) is 0 Å². The predicted molar refractivity (Wildman–Crippen MR) is 92.6 cm³/mol. The van der Waals surface area contributed by atoms with Crippen molar-refractivity contribution in [3.63, 3.8) is 0 Å². The number of carbonyl (C=O) groups excluding carboxylic acids is 1. The van der Waals surface area contributed by atoms with Crippen molar-refractivity contribution in [3.8, 4) is 0 Å². The number of benzene rings is 1. The van der Waals surface area contributed by atoms with Crippen molar-refractivity contribution in [3.05, 3.63) is 34.3 Å². The number of carbonyl (C=O) groups is 1. The first-order chi connectivity index (χ1) is 10.5. The zero-order chi connectivity index (χ0) is 15.7. The first-order valence-electron chi connectivity index (χ1n) is 8.34. The number of rotatable bonds is 3. The van der Waals surface area contributed by atoms with Crippen LogP contribution in [0.25, 0.3) is 0 Å². The third-order valence-electron chi connectivity index (χ3n) is 5.58. The summed E-state index contributed by atoms with van der Waals surface area (Å²) in [5.41, 5.74) is 6.93. The number of likely N-dealkylation sites (tertiary alicyclic amines) is 1. The molecule has 0 radical (unpaired) electrons. The molecule has 1 aromatic carbocycles. The minimum Gasteiger partial charge on any atom is -0.342 e. The molecule has 1 heterocycles. The SMILES string of the molecule is CC(N)C1CCN(C(=O)C2(c3ccc(Br)cc3)CCC2)CC1. The lowest BCUT2D eigenvalue weighted by atomic mass is 9.63. The van der Waals surface area contributed by atoms with Crippen LogP contribution < -0.4 is 5.73 Å². The van der Waals surface area contributed by atoms with Crippen molar-refractivity contribution in [1.82, 2.24) is 4.90 Å². The Morgan fingerprint density at radius 2 is 1.86 bits per heavy atom. The Morgan fingerprint density at radius 1 is 1.27 bits per heavy atom. The summed E-state index contributed by atoms with van der Waals surface area (Å²) in [6.45, 7) is 3.81. The fraction of sp³-hybridized carbons (Fsp3) is 0.611. The van der Waals surface area contributed by atoms with Crippen LogP contribution in [0, 0.1) is 5.92 Å². The lowest BCUT2D eigenvalue weighted by molar-refractivity contribution is -0.142. The molecule has 1 unspecified atom stereocenters. The summed E-state index contributed by atoms with van der Waals surface area (Å²) in [7, 11) is 0. The Labute approximate surface area is 141 Å². The first kappa shape index (κ1) is 16.0. The minimum atomic E-state index is -0.262. The lowest BCUT2D eigenvalue weighted by Crippen LogP contribution is -2.53. The van der Waals surface area contributed by atoms with E-state index in [9.17, 15) is 4.79 Å². The minimum absolute atomic E-state index is 0.237. The van der Waals surface area contributed by atoms with Gasteiger partial charge in [-0.2, -0.15) is 0 Å². The molecule has 0 spiro atoms. The normalized spacial score (nSPS) is 23.0. The highest BCUT2D eigenvalue weighted by Gasteiger charge is 2.48. The molecule has 1 atom stereocenters. The van der Waals surface area contributed by atoms with Crippen molar-refractivity contribution >= 4 is 21.8 Å². The number of piperidine rings is 1. The smallest absolute Gasteiger partial charge is 0.233 e. The molecular weight excluding hydrogens is 340 g/mol. The summed E-state index contributed by atoms with van der Waals surface area (Å²) >= 11 is 3.48. The predicted octanol–water partition coefficient (Wildman–Crippen LogP) is 3.46. The van der Waals surface area contributed by atoms with Crippen LogP contribution in [0.15, 0.2) is 28.7 Å². The summed E-state index contributed by atoms with van der Waals surface area (Å²) in [5, 5.41) is 0. The highest BCUT2D eigenvalue weighted by molar-refractivity contribution is 9.10. The molecule has 0 aromatic heterocycles. The van der Waals surface area contributed by atoms with E-state index in [-0.39, 0.29) is 11.5 Å². The van der Waals surface area contributed by atoms with E-state index in [0.29, 0.717) is 11.8 Å². The summed E-state index contributed by atoms with van der Waals surface area (Å²) in [6.07, 6.45) is 5.21. The fourth-order valence-corrected chi connectivity index (χ4v) is 4.12. The van der Waals surface area contributed by atoms with Gasteiger partial charge in [-0.15, -0.1) is 0 Å². The molecule has 1 saturated heterocycles. The van der Waals surface area contributed by atoms with Crippen molar-refractivity contribution in [2.45, 2.75) is 50.5 Å². The first-order valence-corrected chi connectivity index (χ1v) is 9.13. The zero-order valence-electron chi connectivity index (χ0n) is 13.2. The Balaban J connectivity index is 1.74. The molecule has 3 nitrogen and oxygen atoms in total. The van der Waals surface area contributed by atoms with Gasteiger partial charge in [0.15, 0.2) is 0 Å². The average molecular weight is 365 g/mol. The van der Waals surface area contributed by atoms with Gasteiger partial charge in [0.25, 0.3) is 0 Å². The summed E-state index contributed by atoms with van der Waals surface area (Å²) in [6, 6.07) is 8.54. The second kappa shape index (κ2) is 6.32. The third-order valence-corrected chi connectivity index (χ3v) is 6.11. The Kier molecular flexibility index (Phi) is 4.60. The van der Waals surface area contributed by atoms with Crippen LogP contribution in [-0.4, -0.2) is 29.9 Å². The van der Waals surface area contributed by atoms with Crippen molar-refractivity contribution in [1.29, 1.82) is 0 Å². The van der Waals surface area contributed by atoms with Gasteiger partial charge in [-0.1, -0.05) is 34.5 Å². The number of hydrogen-bond acceptors (Lipinski definition) is 2. The Hall–Kier alpha value is -0.870. The van der Waals surface area contributed by atoms with Crippen LogP contribution in [0.3, 0.4) is 0 Å². The van der Waals surface area contributed by atoms with E-state index in [0.717, 1.165) is 49.7 Å². The fourth-order valence-electron chi connectivity index (χ4n) is 3.86. The molecule has 120 valence electrons. The quantitative estimate of drug-likeness (QED) is 0.892. The monoisotopic (exact) mass is 364 g/mol. The number of halogens is 1. The van der Waals surface area contributed by atoms with Gasteiger partial charge in [0.05, 0.1) is 5.41 Å². The Morgan fingerprint density at radius 3 is 2.32 bits per heavy atom. The lowest BCUT2D eigenvalue weighted by Gasteiger charge is -2.46. The standard InChI is InChI=1S/C18H25BrN2O/c1-13(20)14-7-11-21(12-8-14)17(22)18(9-2-10-18)15-3-5-16(19)6-4-15/h3-6,13-14H,2,7-12,20H2,1H3. The van der Waals surface area contributed by atoms with E-state index < -0.39 is 0 Å². The van der Waals surface area contributed by atoms with Crippen LogP contribution in [0.5, 0.6) is 0 Å². The van der Waals surface area contributed by atoms with Gasteiger partial charge >= 0.3 is 0 Å². The average Bonchev–Trinajstić information content (AvgIpc) is 2.48. The second-order valence-corrected chi connectivity index (χ2v) is 7.85. The molecule has 1 aromatic rings. The molecule has 2 fully saturated rings. The molecule has 4 heteroatoms. The van der Waals surface area contributed by atoms with Gasteiger partial charge in [0, 0.05) is 23.6 Å². The van der Waals surface area contributed by atoms with Crippen molar-refractivity contribution in [2.75, 3.05) is 13.1 Å². The largest absolute Gasteiger partial charge is 0.342 e. The van der Waals surface area contributed by atoms with Crippen molar-refractivity contribution < 1.29 is 4.79 Å². The summed E-state index contributed by atoms with van der Waals surface area (Å²) in [4.78, 5) is 15.2. The number of nitrogens with two attached hydrogens (primary N) is 1. The third kappa shape index (κ3) is 2.83. The molecule has 2 aliphatic rings. The van der Waals surface area contributed by atoms with Gasteiger partial charge in [0.2, 0.25) is 5.91 Å². The van der Waals surface area contributed by atoms with E-state index >= 15 is 0 Å². The topological polar surface area (TPSA) is 46.3 Å². The molecule has 0 bridgehead atoms. The highest BCUT2D eigenvalue weighted by atomic mass is 79.9. The molecule has 3 rings (SSSR count). The molecule has 1 aliphatic carbocycles. The Bertz CT molecular complexity index is 529. The summed E-state index contributed by atoms with van der Waals surface area (Å²) in [5.74, 6) is 0.901. The molecule has 1 amide bonds. The van der Waals surface area contributed by atoms with Crippen LogP contribution >= 0.6 is 15.9 Å². The van der Waals surface area contributed by atoms with Gasteiger partial charge < -0.3 is 10.6 Å². The van der Waals surface area contributed by atoms with Crippen LogP contribution in [0.1, 0.15) is 44.6 Å². The van der Waals surface area contributed by atoms with Gasteiger partial charge in [-0.05, 0) is 56.2 Å². The number of nitrogens with zero attached hydrogens (tertiary/aromatic N) is 1. The van der Waals surface area contributed by atoms with Crippen LogP contribution in [-0.2, 0) is 10.2 Å². The van der Waals surface area contributed by atoms with Crippen molar-refractivity contribution in [2.24, 2.45) is 11.7 Å². The summed E-state index contributed by atoms with van der Waals surface area (Å²) < 4.78 is 1.07. The van der Waals surface area contributed by atoms with E-state index in [1.807, 2.05) is 12.1 Å². The molecule has 1 aliphatic heterocycles. The van der Waals surface area contributed by atoms with Gasteiger partial charge in [-0.3, -0.25) is 4.79 Å². The molecular formula is C18H25BrN2O. The van der Waals surface area contributed by atoms with E-state index in [2.05, 4.69) is 39.9 Å². The molecule has 1 saturated carbocycles. The van der Waals surface area contributed by atoms with Crippen LogP contribution in [0.4, 0.5) is 0 Å². The number of amides is 1. The zero-order valence-corrected chi connectivity index (χ0v) is 14.8. The van der Waals surface area contributed by atoms with Crippen LogP contribution in [0.2, 0.25) is 0 Å². The maximum atomic E-state index is 13.1. The molecule has 22 heavy (non-hydrogen) atoms. The maximum absolute atomic E-state index is 13.1. The molecule has 2 N–H and O–H groups in total. The maximum Gasteiger partial charge on any atom is 0.233 e. The second-order valence-electron chi connectivity index (χ2n) is 6.93.